The molecule has 0 radical (unpaired) electrons. The number of likely N-dealkylation sites (tertiary alicyclic amines) is 1. The molecule has 0 aliphatic carbocycles. The summed E-state index contributed by atoms with van der Waals surface area (Å²) >= 11 is 0. The largest absolute Gasteiger partial charge is 0.443 e. The number of hydrogen-bond acceptors (Lipinski definition) is 6. The van der Waals surface area contributed by atoms with E-state index in [1.165, 1.54) is 14.2 Å². The van der Waals surface area contributed by atoms with Gasteiger partial charge >= 0.3 is 6.09 Å². The van der Waals surface area contributed by atoms with Gasteiger partial charge in [0.1, 0.15) is 5.60 Å². The fourth-order valence-electron chi connectivity index (χ4n) is 1.82. The SMILES string of the molecule is COC(CN=C1CCN(C(=O)OC(C)(C)C)C(=O)C1)OC. The Bertz CT molecular complexity index is 410. The van der Waals surface area contributed by atoms with E-state index in [-0.39, 0.29) is 18.9 Å². The number of methoxy groups -OCH3 is 2. The summed E-state index contributed by atoms with van der Waals surface area (Å²) in [5.41, 5.74) is 0.134. The molecule has 2 amide bonds. The maximum absolute atomic E-state index is 12.0. The first-order chi connectivity index (χ1) is 9.76. The summed E-state index contributed by atoms with van der Waals surface area (Å²) < 4.78 is 15.3. The molecule has 7 nitrogen and oxygen atoms in total. The lowest BCUT2D eigenvalue weighted by molar-refractivity contribution is -0.129. The van der Waals surface area contributed by atoms with E-state index < -0.39 is 18.0 Å². The van der Waals surface area contributed by atoms with Crippen LogP contribution in [0.2, 0.25) is 0 Å². The number of hydrogen-bond donors (Lipinski definition) is 0. The Hall–Kier alpha value is -1.47. The highest BCUT2D eigenvalue weighted by molar-refractivity contribution is 6.07. The predicted molar refractivity (Wildman–Crippen MR) is 77.3 cm³/mol. The number of amides is 2. The fraction of sp³-hybridized carbons (Fsp3) is 0.786. The van der Waals surface area contributed by atoms with Gasteiger partial charge in [0.15, 0.2) is 6.29 Å². The Balaban J connectivity index is 2.56. The van der Waals surface area contributed by atoms with E-state index >= 15 is 0 Å². The third-order valence-electron chi connectivity index (χ3n) is 2.88. The number of aliphatic imine (C=N–C) groups is 1. The van der Waals surface area contributed by atoms with Crippen molar-refractivity contribution in [1.82, 2.24) is 4.90 Å². The summed E-state index contributed by atoms with van der Waals surface area (Å²) in [4.78, 5) is 29.3. The van der Waals surface area contributed by atoms with Gasteiger partial charge in [-0.25, -0.2) is 9.69 Å². The molecule has 1 rings (SSSR count). The average Bonchev–Trinajstić information content (AvgIpc) is 2.37. The van der Waals surface area contributed by atoms with Crippen LogP contribution in [0.5, 0.6) is 0 Å². The Morgan fingerprint density at radius 1 is 1.33 bits per heavy atom. The normalized spacial score (nSPS) is 18.5. The molecule has 7 heteroatoms. The number of carbonyl (C=O) groups is 2. The van der Waals surface area contributed by atoms with Crippen LogP contribution in [0.1, 0.15) is 33.6 Å². The number of imide groups is 1. The van der Waals surface area contributed by atoms with E-state index in [1.807, 2.05) is 0 Å². The Kier molecular flexibility index (Phi) is 6.29. The molecule has 0 aromatic heterocycles. The topological polar surface area (TPSA) is 77.4 Å². The van der Waals surface area contributed by atoms with E-state index in [2.05, 4.69) is 4.99 Å². The van der Waals surface area contributed by atoms with Gasteiger partial charge in [-0.3, -0.25) is 9.79 Å². The minimum Gasteiger partial charge on any atom is -0.443 e. The van der Waals surface area contributed by atoms with Crippen molar-refractivity contribution in [3.63, 3.8) is 0 Å². The molecule has 0 spiro atoms. The third kappa shape index (κ3) is 5.81. The minimum atomic E-state index is -0.615. The molecule has 0 N–H and O–H groups in total. The molecule has 1 saturated heterocycles. The van der Waals surface area contributed by atoms with Crippen LogP contribution >= 0.6 is 0 Å². The molecule has 21 heavy (non-hydrogen) atoms. The molecule has 0 aromatic carbocycles. The van der Waals surface area contributed by atoms with Gasteiger partial charge in [0, 0.05) is 32.9 Å². The number of carbonyl (C=O) groups excluding carboxylic acids is 2. The number of piperidine rings is 1. The zero-order valence-electron chi connectivity index (χ0n) is 13.3. The van der Waals surface area contributed by atoms with Crippen LogP contribution < -0.4 is 0 Å². The minimum absolute atomic E-state index is 0.124. The van der Waals surface area contributed by atoms with Gasteiger partial charge in [-0.1, -0.05) is 0 Å². The maximum Gasteiger partial charge on any atom is 0.417 e. The maximum atomic E-state index is 12.0. The number of ether oxygens (including phenoxy) is 3. The molecule has 1 heterocycles. The summed E-state index contributed by atoms with van der Waals surface area (Å²) in [6.07, 6.45) is -0.348. The van der Waals surface area contributed by atoms with E-state index in [9.17, 15) is 9.59 Å². The molecule has 1 fully saturated rings. The molecule has 1 aliphatic rings. The van der Waals surface area contributed by atoms with Crippen molar-refractivity contribution in [3.05, 3.63) is 0 Å². The van der Waals surface area contributed by atoms with Gasteiger partial charge in [-0.05, 0) is 20.8 Å². The summed E-state index contributed by atoms with van der Waals surface area (Å²) in [6.45, 7) is 5.92. The van der Waals surface area contributed by atoms with Crippen LogP contribution in [0, 0.1) is 0 Å². The van der Waals surface area contributed by atoms with E-state index in [1.54, 1.807) is 20.8 Å². The lowest BCUT2D eigenvalue weighted by Crippen LogP contribution is -2.45. The van der Waals surface area contributed by atoms with Crippen LogP contribution in [0.4, 0.5) is 4.79 Å². The van der Waals surface area contributed by atoms with E-state index in [0.717, 1.165) is 10.6 Å². The Morgan fingerprint density at radius 3 is 2.43 bits per heavy atom. The average molecular weight is 300 g/mol. The highest BCUT2D eigenvalue weighted by Gasteiger charge is 2.31. The second-order valence-corrected chi connectivity index (χ2v) is 5.76. The fourth-order valence-corrected chi connectivity index (χ4v) is 1.82. The van der Waals surface area contributed by atoms with Crippen LogP contribution in [0.15, 0.2) is 4.99 Å². The lowest BCUT2D eigenvalue weighted by atomic mass is 10.1. The van der Waals surface area contributed by atoms with Crippen LogP contribution in [0.3, 0.4) is 0 Å². The molecule has 0 unspecified atom stereocenters. The van der Waals surface area contributed by atoms with Crippen molar-refractivity contribution in [2.75, 3.05) is 27.3 Å². The molecular weight excluding hydrogens is 276 g/mol. The third-order valence-corrected chi connectivity index (χ3v) is 2.88. The van der Waals surface area contributed by atoms with Crippen molar-refractivity contribution < 1.29 is 23.8 Å². The van der Waals surface area contributed by atoms with Crippen molar-refractivity contribution in [2.24, 2.45) is 4.99 Å². The summed E-state index contributed by atoms with van der Waals surface area (Å²) in [6, 6.07) is 0. The highest BCUT2D eigenvalue weighted by atomic mass is 16.7. The second-order valence-electron chi connectivity index (χ2n) is 5.76. The standard InChI is InChI=1S/C14H24N2O5/c1-14(2,3)21-13(18)16-7-6-10(8-11(16)17)15-9-12(19-4)20-5/h12H,6-9H2,1-5H3. The first kappa shape index (κ1) is 17.6. The highest BCUT2D eigenvalue weighted by Crippen LogP contribution is 2.15. The van der Waals surface area contributed by atoms with Crippen LogP contribution in [0.25, 0.3) is 0 Å². The summed E-state index contributed by atoms with van der Waals surface area (Å²) in [5, 5.41) is 0. The van der Waals surface area contributed by atoms with Crippen molar-refractivity contribution in [3.8, 4) is 0 Å². The molecule has 0 saturated carbocycles. The van der Waals surface area contributed by atoms with Crippen LogP contribution in [-0.4, -0.2) is 61.8 Å². The van der Waals surface area contributed by atoms with Gasteiger partial charge in [0.25, 0.3) is 0 Å². The second kappa shape index (κ2) is 7.51. The lowest BCUT2D eigenvalue weighted by Gasteiger charge is -2.29. The van der Waals surface area contributed by atoms with Crippen molar-refractivity contribution >= 4 is 17.7 Å². The first-order valence-corrected chi connectivity index (χ1v) is 6.88. The number of rotatable bonds is 4. The zero-order valence-corrected chi connectivity index (χ0v) is 13.3. The summed E-state index contributed by atoms with van der Waals surface area (Å²) in [7, 11) is 3.06. The Morgan fingerprint density at radius 2 is 1.95 bits per heavy atom. The van der Waals surface area contributed by atoms with Gasteiger partial charge in [0.05, 0.1) is 13.0 Å². The smallest absolute Gasteiger partial charge is 0.417 e. The van der Waals surface area contributed by atoms with E-state index in [4.69, 9.17) is 14.2 Å². The monoisotopic (exact) mass is 300 g/mol. The zero-order chi connectivity index (χ0) is 16.0. The van der Waals surface area contributed by atoms with Crippen LogP contribution in [-0.2, 0) is 19.0 Å². The molecular formula is C14H24N2O5. The van der Waals surface area contributed by atoms with Gasteiger partial charge < -0.3 is 14.2 Å². The Labute approximate surface area is 125 Å². The van der Waals surface area contributed by atoms with Crippen molar-refractivity contribution in [2.45, 2.75) is 45.5 Å². The quantitative estimate of drug-likeness (QED) is 0.737. The predicted octanol–water partition coefficient (Wildman–Crippen LogP) is 1.60. The van der Waals surface area contributed by atoms with E-state index in [0.29, 0.717) is 13.0 Å². The molecule has 0 aromatic rings. The van der Waals surface area contributed by atoms with Gasteiger partial charge in [0.2, 0.25) is 5.91 Å². The molecule has 0 bridgehead atoms. The number of nitrogens with zero attached hydrogens (tertiary/aromatic N) is 2. The van der Waals surface area contributed by atoms with Gasteiger partial charge in [-0.15, -0.1) is 0 Å². The molecule has 0 atom stereocenters. The molecule has 120 valence electrons. The molecule has 1 aliphatic heterocycles. The summed E-state index contributed by atoms with van der Waals surface area (Å²) in [5.74, 6) is -0.291. The first-order valence-electron chi connectivity index (χ1n) is 6.88. The van der Waals surface area contributed by atoms with Crippen molar-refractivity contribution in [1.29, 1.82) is 0 Å². The van der Waals surface area contributed by atoms with Gasteiger partial charge in [-0.2, -0.15) is 0 Å².